The Labute approximate surface area is 89.8 Å². The summed E-state index contributed by atoms with van der Waals surface area (Å²) in [4.78, 5) is 21.8. The molecular formula is C9H17NO3S. The van der Waals surface area contributed by atoms with Crippen molar-refractivity contribution in [2.75, 3.05) is 0 Å². The van der Waals surface area contributed by atoms with E-state index in [4.69, 9.17) is 4.74 Å². The molecule has 1 amide bonds. The minimum absolute atomic E-state index is 0.197. The maximum absolute atomic E-state index is 11.2. The average Bonchev–Trinajstić information content (AvgIpc) is 1.77. The number of hydrogen-bond acceptors (Lipinski definition) is 3. The highest BCUT2D eigenvalue weighted by Gasteiger charge is 2.18. The lowest BCUT2D eigenvalue weighted by Gasteiger charge is -2.21. The smallest absolute Gasteiger partial charge is 0.407 e. The molecule has 4 nitrogen and oxygen atoms in total. The predicted molar refractivity (Wildman–Crippen MR) is 57.4 cm³/mol. The monoisotopic (exact) mass is 219 g/mol. The van der Waals surface area contributed by atoms with Crippen LogP contribution in [0.1, 0.15) is 34.1 Å². The summed E-state index contributed by atoms with van der Waals surface area (Å²) in [7, 11) is 0. The summed E-state index contributed by atoms with van der Waals surface area (Å²) < 4.78 is 5.00. The van der Waals surface area contributed by atoms with E-state index in [0.29, 0.717) is 0 Å². The fourth-order valence-corrected chi connectivity index (χ4v) is 1.10. The Bertz CT molecular complexity index is 223. The molecule has 1 atom stereocenters. The van der Waals surface area contributed by atoms with Gasteiger partial charge in [-0.1, -0.05) is 0 Å². The van der Waals surface area contributed by atoms with E-state index in [1.165, 1.54) is 0 Å². The second-order valence-electron chi connectivity index (χ2n) is 4.15. The molecule has 0 radical (unpaired) electrons. The molecule has 0 rings (SSSR count). The fraction of sp³-hybridized carbons (Fsp3) is 0.778. The average molecular weight is 219 g/mol. The number of ether oxygens (including phenoxy) is 1. The van der Waals surface area contributed by atoms with Crippen LogP contribution in [0.2, 0.25) is 0 Å². The molecule has 0 saturated heterocycles. The van der Waals surface area contributed by atoms with Gasteiger partial charge in [0.05, 0.1) is 0 Å². The van der Waals surface area contributed by atoms with Gasteiger partial charge in [0.2, 0.25) is 0 Å². The molecule has 0 saturated carbocycles. The van der Waals surface area contributed by atoms with E-state index in [1.807, 2.05) is 0 Å². The van der Waals surface area contributed by atoms with Crippen LogP contribution in [0.4, 0.5) is 4.79 Å². The predicted octanol–water partition coefficient (Wildman–Crippen LogP) is 1.75. The molecule has 82 valence electrons. The topological polar surface area (TPSA) is 55.4 Å². The van der Waals surface area contributed by atoms with Gasteiger partial charge in [0.1, 0.15) is 5.60 Å². The van der Waals surface area contributed by atoms with Gasteiger partial charge in [-0.15, -0.1) is 12.6 Å². The molecule has 5 heteroatoms. The summed E-state index contributed by atoms with van der Waals surface area (Å²) in [6.07, 6.45) is -0.317. The first-order valence-corrected chi connectivity index (χ1v) is 4.87. The Morgan fingerprint density at radius 2 is 1.93 bits per heavy atom. The first-order chi connectivity index (χ1) is 6.20. The lowest BCUT2D eigenvalue weighted by molar-refractivity contribution is -0.111. The van der Waals surface area contributed by atoms with E-state index in [1.54, 1.807) is 27.7 Å². The SMILES string of the molecule is CC(CC(=O)S)NC(=O)OC(C)(C)C. The lowest BCUT2D eigenvalue weighted by Crippen LogP contribution is -2.38. The van der Waals surface area contributed by atoms with Crippen LogP contribution in [-0.2, 0) is 9.53 Å². The second kappa shape index (κ2) is 5.24. The van der Waals surface area contributed by atoms with Crippen molar-refractivity contribution in [1.29, 1.82) is 0 Å². The molecule has 0 aromatic carbocycles. The number of nitrogens with one attached hydrogen (secondary N) is 1. The van der Waals surface area contributed by atoms with Gasteiger partial charge in [-0.25, -0.2) is 4.79 Å². The third-order valence-electron chi connectivity index (χ3n) is 1.24. The zero-order chi connectivity index (χ0) is 11.4. The first kappa shape index (κ1) is 13.3. The van der Waals surface area contributed by atoms with Crippen LogP contribution in [0.5, 0.6) is 0 Å². The van der Waals surface area contributed by atoms with E-state index < -0.39 is 11.7 Å². The standard InChI is InChI=1S/C9H17NO3S/c1-6(5-7(11)14)10-8(12)13-9(2,3)4/h6H,5H2,1-4H3,(H,10,12)(H,11,14). The van der Waals surface area contributed by atoms with Crippen molar-refractivity contribution in [3.05, 3.63) is 0 Å². The summed E-state index contributed by atoms with van der Waals surface area (Å²) in [5.41, 5.74) is -0.519. The molecule has 0 aromatic rings. The molecule has 0 aliphatic heterocycles. The lowest BCUT2D eigenvalue weighted by atomic mass is 10.2. The summed E-state index contributed by atoms with van der Waals surface area (Å²) in [6.45, 7) is 7.06. The van der Waals surface area contributed by atoms with Crippen molar-refractivity contribution in [2.45, 2.75) is 45.8 Å². The molecule has 0 aliphatic carbocycles. The van der Waals surface area contributed by atoms with Gasteiger partial charge >= 0.3 is 6.09 Å². The number of hydrogen-bond donors (Lipinski definition) is 2. The van der Waals surface area contributed by atoms with Crippen LogP contribution in [0.25, 0.3) is 0 Å². The molecule has 0 fully saturated rings. The zero-order valence-electron chi connectivity index (χ0n) is 8.96. The molecule has 14 heavy (non-hydrogen) atoms. The first-order valence-electron chi connectivity index (χ1n) is 4.42. The Morgan fingerprint density at radius 1 is 1.43 bits per heavy atom. The van der Waals surface area contributed by atoms with Crippen LogP contribution in [0.15, 0.2) is 0 Å². The minimum Gasteiger partial charge on any atom is -0.444 e. The largest absolute Gasteiger partial charge is 0.444 e. The molecule has 0 bridgehead atoms. The van der Waals surface area contributed by atoms with E-state index in [-0.39, 0.29) is 17.6 Å². The molecule has 0 heterocycles. The van der Waals surface area contributed by atoms with Gasteiger partial charge in [-0.05, 0) is 27.7 Å². The Morgan fingerprint density at radius 3 is 2.29 bits per heavy atom. The number of carbonyl (C=O) groups excluding carboxylic acids is 2. The van der Waals surface area contributed by atoms with E-state index in [9.17, 15) is 9.59 Å². The Balaban J connectivity index is 3.89. The van der Waals surface area contributed by atoms with Gasteiger partial charge in [-0.2, -0.15) is 0 Å². The summed E-state index contributed by atoms with van der Waals surface area (Å²) in [6, 6.07) is -0.255. The number of thiol groups is 1. The highest BCUT2D eigenvalue weighted by molar-refractivity contribution is 7.96. The van der Waals surface area contributed by atoms with Gasteiger partial charge < -0.3 is 10.1 Å². The molecule has 0 spiro atoms. The third-order valence-corrected chi connectivity index (χ3v) is 1.43. The molecule has 1 N–H and O–H groups in total. The maximum Gasteiger partial charge on any atom is 0.407 e. The molecule has 1 unspecified atom stereocenters. The maximum atomic E-state index is 11.2. The summed E-state index contributed by atoms with van der Waals surface area (Å²) in [5.74, 6) is 0. The van der Waals surface area contributed by atoms with Crippen LogP contribution in [-0.4, -0.2) is 22.9 Å². The quantitative estimate of drug-likeness (QED) is 0.711. The van der Waals surface area contributed by atoms with E-state index in [0.717, 1.165) is 0 Å². The van der Waals surface area contributed by atoms with Crippen molar-refractivity contribution in [3.8, 4) is 0 Å². The van der Waals surface area contributed by atoms with E-state index >= 15 is 0 Å². The molecular weight excluding hydrogens is 202 g/mol. The number of alkyl carbamates (subject to hydrolysis) is 1. The highest BCUT2D eigenvalue weighted by atomic mass is 32.1. The fourth-order valence-electron chi connectivity index (χ4n) is 0.822. The van der Waals surface area contributed by atoms with Crippen molar-refractivity contribution < 1.29 is 14.3 Å². The highest BCUT2D eigenvalue weighted by Crippen LogP contribution is 2.07. The molecule has 0 aromatic heterocycles. The number of carbonyl (C=O) groups is 2. The van der Waals surface area contributed by atoms with E-state index in [2.05, 4.69) is 17.9 Å². The third kappa shape index (κ3) is 7.91. The van der Waals surface area contributed by atoms with Gasteiger partial charge in [0, 0.05) is 12.5 Å². The molecule has 0 aliphatic rings. The van der Waals surface area contributed by atoms with Gasteiger partial charge in [-0.3, -0.25) is 4.79 Å². The number of rotatable bonds is 3. The zero-order valence-corrected chi connectivity index (χ0v) is 9.85. The minimum atomic E-state index is -0.519. The van der Waals surface area contributed by atoms with Crippen molar-refractivity contribution >= 4 is 23.8 Å². The van der Waals surface area contributed by atoms with Crippen molar-refractivity contribution in [3.63, 3.8) is 0 Å². The Hall–Kier alpha value is -0.710. The second-order valence-corrected chi connectivity index (χ2v) is 4.64. The van der Waals surface area contributed by atoms with Crippen LogP contribution in [0, 0.1) is 0 Å². The van der Waals surface area contributed by atoms with Crippen LogP contribution >= 0.6 is 12.6 Å². The summed E-state index contributed by atoms with van der Waals surface area (Å²) >= 11 is 3.62. The van der Waals surface area contributed by atoms with Gasteiger partial charge in [0.15, 0.2) is 5.12 Å². The Kier molecular flexibility index (Phi) is 4.97. The van der Waals surface area contributed by atoms with Crippen molar-refractivity contribution in [2.24, 2.45) is 0 Å². The van der Waals surface area contributed by atoms with Crippen LogP contribution in [0.3, 0.4) is 0 Å². The number of amides is 1. The van der Waals surface area contributed by atoms with Gasteiger partial charge in [0.25, 0.3) is 0 Å². The van der Waals surface area contributed by atoms with Crippen molar-refractivity contribution in [1.82, 2.24) is 5.32 Å². The normalized spacial score (nSPS) is 13.2. The van der Waals surface area contributed by atoms with Crippen LogP contribution < -0.4 is 5.32 Å². The summed E-state index contributed by atoms with van der Waals surface area (Å²) in [5, 5.41) is 2.28.